The fraction of sp³-hybridized carbons (Fsp3) is 0.143. The van der Waals surface area contributed by atoms with E-state index in [-0.39, 0.29) is 5.69 Å². The van der Waals surface area contributed by atoms with Crippen LogP contribution in [0.1, 0.15) is 6.92 Å². The molecule has 3 aromatic rings. The van der Waals surface area contributed by atoms with Gasteiger partial charge in [0.1, 0.15) is 0 Å². The number of benzene rings is 1. The average molecular weight is 255 g/mol. The molecule has 0 atom stereocenters. The number of H-pyrrole nitrogens is 1. The van der Waals surface area contributed by atoms with E-state index in [9.17, 15) is 4.79 Å². The number of aromatic amines is 1. The van der Waals surface area contributed by atoms with Gasteiger partial charge in [0.05, 0.1) is 29.5 Å². The van der Waals surface area contributed by atoms with Crippen molar-refractivity contribution in [2.45, 2.75) is 6.92 Å². The number of nitrogens with zero attached hydrogens (tertiary/aromatic N) is 2. The van der Waals surface area contributed by atoms with Crippen LogP contribution in [0.2, 0.25) is 0 Å². The van der Waals surface area contributed by atoms with E-state index in [0.29, 0.717) is 18.2 Å². The maximum Gasteiger partial charge on any atom is 0.331 e. The molecule has 0 saturated heterocycles. The Morgan fingerprint density at radius 1 is 1.26 bits per heavy atom. The van der Waals surface area contributed by atoms with Gasteiger partial charge >= 0.3 is 5.69 Å². The summed E-state index contributed by atoms with van der Waals surface area (Å²) >= 11 is 0. The van der Waals surface area contributed by atoms with Crippen LogP contribution in [0, 0.1) is 0 Å². The second-order valence-electron chi connectivity index (χ2n) is 4.07. The van der Waals surface area contributed by atoms with E-state index in [4.69, 9.17) is 4.74 Å². The summed E-state index contributed by atoms with van der Waals surface area (Å²) in [5, 5.41) is 0. The number of fused-ring (bicyclic) bond motifs is 1. The first-order valence-corrected chi connectivity index (χ1v) is 6.08. The van der Waals surface area contributed by atoms with Crippen LogP contribution in [-0.2, 0) is 0 Å². The molecule has 2 heterocycles. The molecule has 0 spiro atoms. The summed E-state index contributed by atoms with van der Waals surface area (Å²) in [6.07, 6.45) is 1.63. The molecule has 0 aliphatic heterocycles. The van der Waals surface area contributed by atoms with Gasteiger partial charge in [-0.25, -0.2) is 9.78 Å². The van der Waals surface area contributed by atoms with Crippen molar-refractivity contribution in [1.29, 1.82) is 0 Å². The molecular weight excluding hydrogens is 242 g/mol. The predicted octanol–water partition coefficient (Wildman–Crippen LogP) is 2.11. The van der Waals surface area contributed by atoms with Crippen molar-refractivity contribution in [3.05, 3.63) is 53.1 Å². The molecule has 96 valence electrons. The number of pyridine rings is 1. The lowest BCUT2D eigenvalue weighted by atomic mass is 10.3. The van der Waals surface area contributed by atoms with Gasteiger partial charge in [-0.3, -0.25) is 4.57 Å². The second-order valence-corrected chi connectivity index (χ2v) is 4.07. The van der Waals surface area contributed by atoms with Gasteiger partial charge in [0.15, 0.2) is 0 Å². The molecule has 0 radical (unpaired) electrons. The molecule has 0 unspecified atom stereocenters. The minimum absolute atomic E-state index is 0.174. The van der Waals surface area contributed by atoms with E-state index in [1.54, 1.807) is 16.8 Å². The smallest absolute Gasteiger partial charge is 0.331 e. The molecule has 3 rings (SSSR count). The zero-order chi connectivity index (χ0) is 13.2. The van der Waals surface area contributed by atoms with Crippen LogP contribution in [0.25, 0.3) is 16.7 Å². The maximum absolute atomic E-state index is 12.0. The highest BCUT2D eigenvalue weighted by Gasteiger charge is 2.08. The van der Waals surface area contributed by atoms with Crippen molar-refractivity contribution in [2.75, 3.05) is 6.61 Å². The van der Waals surface area contributed by atoms with Gasteiger partial charge in [0.25, 0.3) is 0 Å². The Balaban J connectivity index is 2.13. The molecule has 0 aliphatic rings. The summed E-state index contributed by atoms with van der Waals surface area (Å²) in [7, 11) is 0. The number of nitrogens with one attached hydrogen (secondary N) is 1. The molecule has 0 saturated carbocycles. The number of para-hydroxylation sites is 2. The van der Waals surface area contributed by atoms with Gasteiger partial charge in [-0.15, -0.1) is 0 Å². The normalized spacial score (nSPS) is 10.8. The minimum Gasteiger partial charge on any atom is -0.478 e. The van der Waals surface area contributed by atoms with Gasteiger partial charge in [-0.05, 0) is 25.1 Å². The van der Waals surface area contributed by atoms with Gasteiger partial charge < -0.3 is 9.72 Å². The quantitative estimate of drug-likeness (QED) is 0.779. The Morgan fingerprint density at radius 3 is 2.84 bits per heavy atom. The van der Waals surface area contributed by atoms with Crippen molar-refractivity contribution in [3.63, 3.8) is 0 Å². The van der Waals surface area contributed by atoms with E-state index >= 15 is 0 Å². The maximum atomic E-state index is 12.0. The van der Waals surface area contributed by atoms with E-state index in [2.05, 4.69) is 9.97 Å². The summed E-state index contributed by atoms with van der Waals surface area (Å²) in [4.78, 5) is 19.0. The number of hydrogen-bond donors (Lipinski definition) is 1. The third kappa shape index (κ3) is 1.99. The lowest BCUT2D eigenvalue weighted by molar-refractivity contribution is 0.327. The summed E-state index contributed by atoms with van der Waals surface area (Å²) in [5.41, 5.74) is 2.18. The SMILES string of the molecule is CCOc1ccc(-n2c(=O)[nH]c3ccccc32)cn1. The van der Waals surface area contributed by atoms with Gasteiger partial charge in [0.2, 0.25) is 5.88 Å². The molecule has 5 nitrogen and oxygen atoms in total. The average Bonchev–Trinajstić information content (AvgIpc) is 2.76. The molecule has 0 aliphatic carbocycles. The first-order chi connectivity index (χ1) is 9.29. The molecule has 19 heavy (non-hydrogen) atoms. The van der Waals surface area contributed by atoms with Gasteiger partial charge in [0, 0.05) is 6.07 Å². The number of ether oxygens (including phenoxy) is 1. The van der Waals surface area contributed by atoms with Crippen molar-refractivity contribution >= 4 is 11.0 Å². The second kappa shape index (κ2) is 4.61. The summed E-state index contributed by atoms with van der Waals surface area (Å²) in [5.74, 6) is 0.555. The van der Waals surface area contributed by atoms with Crippen molar-refractivity contribution < 1.29 is 4.74 Å². The zero-order valence-electron chi connectivity index (χ0n) is 10.5. The van der Waals surface area contributed by atoms with Crippen LogP contribution in [0.5, 0.6) is 5.88 Å². The van der Waals surface area contributed by atoms with Crippen LogP contribution >= 0.6 is 0 Å². The standard InChI is InChI=1S/C14H13N3O2/c1-2-19-13-8-7-10(9-15-13)17-12-6-4-3-5-11(12)16-14(17)18/h3-9H,2H2,1H3,(H,16,18). The topological polar surface area (TPSA) is 59.9 Å². The summed E-state index contributed by atoms with van der Waals surface area (Å²) in [6.45, 7) is 2.47. The highest BCUT2D eigenvalue weighted by molar-refractivity contribution is 5.77. The van der Waals surface area contributed by atoms with Crippen molar-refractivity contribution in [3.8, 4) is 11.6 Å². The molecule has 0 fully saturated rings. The van der Waals surface area contributed by atoms with Crippen LogP contribution in [0.15, 0.2) is 47.4 Å². The molecule has 0 amide bonds. The van der Waals surface area contributed by atoms with E-state index < -0.39 is 0 Å². The fourth-order valence-corrected chi connectivity index (χ4v) is 2.05. The summed E-state index contributed by atoms with van der Waals surface area (Å²) < 4.78 is 6.88. The van der Waals surface area contributed by atoms with Crippen LogP contribution in [0.3, 0.4) is 0 Å². The monoisotopic (exact) mass is 255 g/mol. The molecule has 2 aromatic heterocycles. The van der Waals surface area contributed by atoms with E-state index in [1.165, 1.54) is 0 Å². The third-order valence-corrected chi connectivity index (χ3v) is 2.86. The largest absolute Gasteiger partial charge is 0.478 e. The molecule has 0 bridgehead atoms. The predicted molar refractivity (Wildman–Crippen MR) is 72.9 cm³/mol. The van der Waals surface area contributed by atoms with Crippen molar-refractivity contribution in [2.24, 2.45) is 0 Å². The molecule has 1 aromatic carbocycles. The number of aromatic nitrogens is 3. The summed E-state index contributed by atoms with van der Waals surface area (Å²) in [6, 6.07) is 11.1. The molecular formula is C14H13N3O2. The molecule has 5 heteroatoms. The Morgan fingerprint density at radius 2 is 2.11 bits per heavy atom. The third-order valence-electron chi connectivity index (χ3n) is 2.86. The first kappa shape index (κ1) is 11.5. The van der Waals surface area contributed by atoms with Crippen LogP contribution in [-0.4, -0.2) is 21.1 Å². The fourth-order valence-electron chi connectivity index (χ4n) is 2.05. The Labute approximate surface area is 109 Å². The van der Waals surface area contributed by atoms with Crippen LogP contribution < -0.4 is 10.4 Å². The van der Waals surface area contributed by atoms with Crippen LogP contribution in [0.4, 0.5) is 0 Å². The highest BCUT2D eigenvalue weighted by Crippen LogP contribution is 2.16. The van der Waals surface area contributed by atoms with Crippen molar-refractivity contribution in [1.82, 2.24) is 14.5 Å². The number of hydrogen-bond acceptors (Lipinski definition) is 3. The highest BCUT2D eigenvalue weighted by atomic mass is 16.5. The zero-order valence-corrected chi connectivity index (χ0v) is 10.5. The van der Waals surface area contributed by atoms with E-state index in [0.717, 1.165) is 11.0 Å². The van der Waals surface area contributed by atoms with Gasteiger partial charge in [-0.1, -0.05) is 12.1 Å². The van der Waals surface area contributed by atoms with Gasteiger partial charge in [-0.2, -0.15) is 0 Å². The molecule has 1 N–H and O–H groups in total. The lowest BCUT2D eigenvalue weighted by Gasteiger charge is -2.05. The van der Waals surface area contributed by atoms with E-state index in [1.807, 2.05) is 37.3 Å². The lowest BCUT2D eigenvalue weighted by Crippen LogP contribution is -2.14. The number of imidazole rings is 1. The first-order valence-electron chi connectivity index (χ1n) is 6.08. The Kier molecular flexibility index (Phi) is 2.79. The minimum atomic E-state index is -0.174. The number of rotatable bonds is 3. The Bertz CT molecular complexity index is 756. The Hall–Kier alpha value is -2.56.